The summed E-state index contributed by atoms with van der Waals surface area (Å²) in [7, 11) is 0. The van der Waals surface area contributed by atoms with Gasteiger partial charge in [0.15, 0.2) is 0 Å². The van der Waals surface area contributed by atoms with E-state index in [1.54, 1.807) is 18.5 Å². The molecule has 2 N–H and O–H groups in total. The normalized spacial score (nSPS) is 26.1. The van der Waals surface area contributed by atoms with Crippen LogP contribution >= 0.6 is 0 Å². The Morgan fingerprint density at radius 3 is 2.86 bits per heavy atom. The molecule has 1 aromatic heterocycles. The van der Waals surface area contributed by atoms with Gasteiger partial charge in [0.05, 0.1) is 6.54 Å². The van der Waals surface area contributed by atoms with Gasteiger partial charge in [-0.05, 0) is 25.3 Å². The van der Waals surface area contributed by atoms with Crippen molar-refractivity contribution >= 4 is 11.9 Å². The van der Waals surface area contributed by atoms with Gasteiger partial charge in [0.2, 0.25) is 11.9 Å². The van der Waals surface area contributed by atoms with E-state index in [0.717, 1.165) is 12.8 Å². The largest absolute Gasteiger partial charge is 0.386 e. The minimum Gasteiger partial charge on any atom is -0.386 e. The molecule has 2 saturated heterocycles. The van der Waals surface area contributed by atoms with Crippen LogP contribution in [0.4, 0.5) is 5.95 Å². The average Bonchev–Trinajstić information content (AvgIpc) is 2.97. The van der Waals surface area contributed by atoms with Gasteiger partial charge in [0, 0.05) is 44.6 Å². The van der Waals surface area contributed by atoms with E-state index in [4.69, 9.17) is 4.74 Å². The van der Waals surface area contributed by atoms with Crippen molar-refractivity contribution in [2.45, 2.75) is 24.9 Å². The predicted molar refractivity (Wildman–Crippen MR) is 80.4 cm³/mol. The maximum atomic E-state index is 12.1. The number of carbonyl (C=O) groups excluding carboxylic acids is 1. The van der Waals surface area contributed by atoms with Crippen molar-refractivity contribution in [2.75, 3.05) is 37.7 Å². The molecule has 1 aromatic rings. The van der Waals surface area contributed by atoms with E-state index < -0.39 is 5.60 Å². The summed E-state index contributed by atoms with van der Waals surface area (Å²) in [4.78, 5) is 22.5. The van der Waals surface area contributed by atoms with Crippen molar-refractivity contribution in [1.82, 2.24) is 15.3 Å². The topological polar surface area (TPSA) is 87.6 Å². The first kappa shape index (κ1) is 15.2. The van der Waals surface area contributed by atoms with Crippen LogP contribution in [0.25, 0.3) is 0 Å². The van der Waals surface area contributed by atoms with Crippen molar-refractivity contribution < 1.29 is 14.6 Å². The Morgan fingerprint density at radius 1 is 1.41 bits per heavy atom. The van der Waals surface area contributed by atoms with Gasteiger partial charge in [-0.3, -0.25) is 4.79 Å². The third kappa shape index (κ3) is 3.53. The van der Waals surface area contributed by atoms with Crippen LogP contribution in [0.2, 0.25) is 0 Å². The molecule has 0 aliphatic carbocycles. The summed E-state index contributed by atoms with van der Waals surface area (Å²) in [6.07, 6.45) is 5.49. The first-order chi connectivity index (χ1) is 10.7. The van der Waals surface area contributed by atoms with Gasteiger partial charge < -0.3 is 20.1 Å². The van der Waals surface area contributed by atoms with Crippen LogP contribution in [0.1, 0.15) is 19.3 Å². The molecule has 1 atom stereocenters. The van der Waals surface area contributed by atoms with E-state index >= 15 is 0 Å². The van der Waals surface area contributed by atoms with E-state index in [9.17, 15) is 9.90 Å². The number of hydrogen-bond donors (Lipinski definition) is 2. The maximum Gasteiger partial charge on any atom is 0.225 e. The van der Waals surface area contributed by atoms with Gasteiger partial charge >= 0.3 is 0 Å². The Bertz CT molecular complexity index is 507. The van der Waals surface area contributed by atoms with Gasteiger partial charge in [-0.15, -0.1) is 0 Å². The van der Waals surface area contributed by atoms with Gasteiger partial charge in [-0.25, -0.2) is 9.97 Å². The van der Waals surface area contributed by atoms with Crippen molar-refractivity contribution in [2.24, 2.45) is 5.92 Å². The van der Waals surface area contributed by atoms with E-state index in [1.807, 2.05) is 4.90 Å². The fraction of sp³-hybridized carbons (Fsp3) is 0.667. The quantitative estimate of drug-likeness (QED) is 0.812. The Hall–Kier alpha value is -1.73. The van der Waals surface area contributed by atoms with Gasteiger partial charge in [0.1, 0.15) is 5.60 Å². The first-order valence-electron chi connectivity index (χ1n) is 7.76. The fourth-order valence-corrected chi connectivity index (χ4v) is 2.98. The van der Waals surface area contributed by atoms with E-state index in [2.05, 4.69) is 15.3 Å². The average molecular weight is 306 g/mol. The molecule has 3 heterocycles. The summed E-state index contributed by atoms with van der Waals surface area (Å²) in [5, 5.41) is 13.5. The number of nitrogens with zero attached hydrogens (tertiary/aromatic N) is 3. The van der Waals surface area contributed by atoms with Gasteiger partial charge in [-0.1, -0.05) is 0 Å². The van der Waals surface area contributed by atoms with Crippen LogP contribution < -0.4 is 10.2 Å². The lowest BCUT2D eigenvalue weighted by molar-refractivity contribution is -0.128. The van der Waals surface area contributed by atoms with E-state index in [-0.39, 0.29) is 18.4 Å². The number of amides is 1. The summed E-state index contributed by atoms with van der Waals surface area (Å²) in [6, 6.07) is 1.76. The number of nitrogens with one attached hydrogen (secondary N) is 1. The number of rotatable bonds is 4. The minimum atomic E-state index is -0.917. The highest BCUT2D eigenvalue weighted by Gasteiger charge is 2.37. The van der Waals surface area contributed by atoms with Crippen LogP contribution in [0.3, 0.4) is 0 Å². The maximum absolute atomic E-state index is 12.1. The molecule has 3 rings (SSSR count). The van der Waals surface area contributed by atoms with Gasteiger partial charge in [-0.2, -0.15) is 0 Å². The predicted octanol–water partition coefficient (Wildman–Crippen LogP) is -0.0394. The molecule has 22 heavy (non-hydrogen) atoms. The SMILES string of the molecule is O=C(NC[C@]1(O)CCN(c2ncccn2)C1)C1CCOCC1. The molecular formula is C15H22N4O3. The van der Waals surface area contributed by atoms with Crippen LogP contribution in [0.5, 0.6) is 0 Å². The molecule has 0 radical (unpaired) electrons. The number of anilines is 1. The highest BCUT2D eigenvalue weighted by molar-refractivity contribution is 5.78. The molecule has 120 valence electrons. The van der Waals surface area contributed by atoms with Crippen molar-refractivity contribution in [3.05, 3.63) is 18.5 Å². The number of aliphatic hydroxyl groups is 1. The Balaban J connectivity index is 1.51. The molecule has 2 aliphatic rings. The summed E-state index contributed by atoms with van der Waals surface area (Å²) in [5.41, 5.74) is -0.917. The van der Waals surface area contributed by atoms with Crippen LogP contribution in [-0.2, 0) is 9.53 Å². The molecule has 0 saturated carbocycles. The second kappa shape index (κ2) is 6.58. The molecule has 0 aromatic carbocycles. The summed E-state index contributed by atoms with van der Waals surface area (Å²) >= 11 is 0. The van der Waals surface area contributed by atoms with Crippen molar-refractivity contribution in [3.8, 4) is 0 Å². The second-order valence-electron chi connectivity index (χ2n) is 6.05. The third-order valence-electron chi connectivity index (χ3n) is 4.35. The summed E-state index contributed by atoms with van der Waals surface area (Å²) in [6.45, 7) is 2.67. The number of aromatic nitrogens is 2. The molecule has 0 unspecified atom stereocenters. The van der Waals surface area contributed by atoms with Crippen LogP contribution in [0.15, 0.2) is 18.5 Å². The molecule has 0 spiro atoms. The number of ether oxygens (including phenoxy) is 1. The first-order valence-corrected chi connectivity index (χ1v) is 7.76. The molecular weight excluding hydrogens is 284 g/mol. The zero-order valence-electron chi connectivity index (χ0n) is 12.6. The lowest BCUT2D eigenvalue weighted by atomic mass is 9.98. The second-order valence-corrected chi connectivity index (χ2v) is 6.05. The molecule has 1 amide bonds. The fourth-order valence-electron chi connectivity index (χ4n) is 2.98. The number of β-amino-alcohol motifs (C(OH)–C–C–N with tert-alkyl or cyclic N) is 1. The minimum absolute atomic E-state index is 0.00677. The van der Waals surface area contributed by atoms with E-state index in [0.29, 0.717) is 38.7 Å². The van der Waals surface area contributed by atoms with Crippen molar-refractivity contribution in [1.29, 1.82) is 0 Å². The molecule has 2 aliphatic heterocycles. The van der Waals surface area contributed by atoms with Crippen molar-refractivity contribution in [3.63, 3.8) is 0 Å². The van der Waals surface area contributed by atoms with Crippen LogP contribution in [-0.4, -0.2) is 59.4 Å². The molecule has 7 nitrogen and oxygen atoms in total. The number of hydrogen-bond acceptors (Lipinski definition) is 6. The summed E-state index contributed by atoms with van der Waals surface area (Å²) < 4.78 is 5.26. The zero-order chi connectivity index (χ0) is 15.4. The molecule has 2 fully saturated rings. The van der Waals surface area contributed by atoms with E-state index in [1.165, 1.54) is 0 Å². The Labute approximate surface area is 129 Å². The highest BCUT2D eigenvalue weighted by atomic mass is 16.5. The Kier molecular flexibility index (Phi) is 4.54. The highest BCUT2D eigenvalue weighted by Crippen LogP contribution is 2.24. The molecule has 0 bridgehead atoms. The lowest BCUT2D eigenvalue weighted by Crippen LogP contribution is -2.47. The van der Waals surface area contributed by atoms with Crippen LogP contribution in [0, 0.1) is 5.92 Å². The Morgan fingerprint density at radius 2 is 2.14 bits per heavy atom. The monoisotopic (exact) mass is 306 g/mol. The smallest absolute Gasteiger partial charge is 0.225 e. The summed E-state index contributed by atoms with van der Waals surface area (Å²) in [5.74, 6) is 0.646. The molecule has 7 heteroatoms. The van der Waals surface area contributed by atoms with Gasteiger partial charge in [0.25, 0.3) is 0 Å². The third-order valence-corrected chi connectivity index (χ3v) is 4.35. The standard InChI is InChI=1S/C15H22N4O3/c20-13(12-2-8-22-9-3-12)18-10-15(21)4-7-19(11-15)14-16-5-1-6-17-14/h1,5-6,12,21H,2-4,7-11H2,(H,18,20)/t15-/m1/s1. The lowest BCUT2D eigenvalue weighted by Gasteiger charge is -2.26. The number of carbonyl (C=O) groups is 1. The zero-order valence-corrected chi connectivity index (χ0v) is 12.6.